The van der Waals surface area contributed by atoms with Crippen LogP contribution in [0.5, 0.6) is 0 Å². The van der Waals surface area contributed by atoms with Crippen LogP contribution < -0.4 is 11.1 Å². The van der Waals surface area contributed by atoms with Crippen LogP contribution in [0, 0.1) is 0 Å². The molecule has 0 aliphatic carbocycles. The molecule has 1 rings (SSSR count). The monoisotopic (exact) mass is 242 g/mol. The van der Waals surface area contributed by atoms with E-state index in [0.717, 1.165) is 12.2 Å². The van der Waals surface area contributed by atoms with Crippen LogP contribution in [0.25, 0.3) is 0 Å². The number of amides is 1. The van der Waals surface area contributed by atoms with E-state index in [1.807, 2.05) is 6.07 Å². The van der Waals surface area contributed by atoms with Crippen molar-refractivity contribution in [2.24, 2.45) is 5.73 Å². The van der Waals surface area contributed by atoms with Gasteiger partial charge in [0.05, 0.1) is 18.6 Å². The molecule has 0 aromatic carbocycles. The number of carbonyl (C=O) groups is 1. The Bertz CT molecular complexity index is 301. The van der Waals surface area contributed by atoms with E-state index < -0.39 is 0 Å². The minimum Gasteiger partial charge on any atom is -0.467 e. The maximum atomic E-state index is 11.4. The van der Waals surface area contributed by atoms with Gasteiger partial charge in [0.1, 0.15) is 5.76 Å². The lowest BCUT2D eigenvalue weighted by Crippen LogP contribution is -2.25. The largest absolute Gasteiger partial charge is 0.467 e. The van der Waals surface area contributed by atoms with Crippen molar-refractivity contribution in [1.29, 1.82) is 0 Å². The van der Waals surface area contributed by atoms with Crippen LogP contribution in [0.4, 0.5) is 0 Å². The summed E-state index contributed by atoms with van der Waals surface area (Å²) in [6, 6.07) is 3.64. The van der Waals surface area contributed by atoms with Crippen molar-refractivity contribution >= 4 is 17.7 Å². The molecule has 0 aliphatic rings. The molecule has 1 amide bonds. The van der Waals surface area contributed by atoms with Crippen molar-refractivity contribution in [3.8, 4) is 0 Å². The Morgan fingerprint density at radius 1 is 1.69 bits per heavy atom. The van der Waals surface area contributed by atoms with Crippen molar-refractivity contribution in [2.75, 3.05) is 12.3 Å². The van der Waals surface area contributed by atoms with E-state index >= 15 is 0 Å². The van der Waals surface area contributed by atoms with Crippen molar-refractivity contribution in [3.05, 3.63) is 24.2 Å². The van der Waals surface area contributed by atoms with Crippen molar-refractivity contribution < 1.29 is 9.21 Å². The molecular weight excluding hydrogens is 224 g/mol. The number of nitrogens with two attached hydrogens (primary N) is 1. The quantitative estimate of drug-likeness (QED) is 0.757. The molecule has 0 spiro atoms. The average Bonchev–Trinajstić information content (AvgIpc) is 2.77. The molecule has 1 aromatic heterocycles. The smallest absolute Gasteiger partial charge is 0.230 e. The van der Waals surface area contributed by atoms with Crippen LogP contribution in [0.15, 0.2) is 22.8 Å². The summed E-state index contributed by atoms with van der Waals surface area (Å²) < 4.78 is 5.11. The van der Waals surface area contributed by atoms with Gasteiger partial charge in [0, 0.05) is 5.25 Å². The Morgan fingerprint density at radius 2 is 2.50 bits per heavy atom. The molecule has 0 bridgehead atoms. The van der Waals surface area contributed by atoms with Crippen LogP contribution in [0.2, 0.25) is 0 Å². The number of nitrogens with one attached hydrogen (secondary N) is 1. The molecule has 0 fully saturated rings. The molecule has 5 heteroatoms. The van der Waals surface area contributed by atoms with E-state index in [-0.39, 0.29) is 5.91 Å². The van der Waals surface area contributed by atoms with Crippen LogP contribution >= 0.6 is 11.8 Å². The molecule has 1 unspecified atom stereocenters. The van der Waals surface area contributed by atoms with E-state index in [0.29, 0.717) is 24.1 Å². The second kappa shape index (κ2) is 7.35. The fourth-order valence-electron chi connectivity index (χ4n) is 1.19. The maximum Gasteiger partial charge on any atom is 0.230 e. The highest BCUT2D eigenvalue weighted by molar-refractivity contribution is 8.00. The number of hydrogen-bond donors (Lipinski definition) is 2. The maximum absolute atomic E-state index is 11.4. The van der Waals surface area contributed by atoms with Gasteiger partial charge >= 0.3 is 0 Å². The van der Waals surface area contributed by atoms with E-state index in [4.69, 9.17) is 10.2 Å². The predicted molar refractivity (Wildman–Crippen MR) is 66.1 cm³/mol. The van der Waals surface area contributed by atoms with Gasteiger partial charge in [-0.1, -0.05) is 6.92 Å². The normalized spacial score (nSPS) is 12.4. The molecule has 90 valence electrons. The molecule has 0 saturated heterocycles. The molecule has 0 saturated carbocycles. The van der Waals surface area contributed by atoms with Gasteiger partial charge in [-0.2, -0.15) is 0 Å². The third-order valence-electron chi connectivity index (χ3n) is 2.11. The molecule has 1 aromatic rings. The summed E-state index contributed by atoms with van der Waals surface area (Å²) in [5, 5.41) is 3.23. The van der Waals surface area contributed by atoms with Crippen molar-refractivity contribution in [3.63, 3.8) is 0 Å². The summed E-state index contributed by atoms with van der Waals surface area (Å²) >= 11 is 1.62. The van der Waals surface area contributed by atoms with E-state index in [9.17, 15) is 4.79 Å². The minimum atomic E-state index is 0.0327. The summed E-state index contributed by atoms with van der Waals surface area (Å²) in [7, 11) is 0. The molecule has 1 heterocycles. The first-order chi connectivity index (χ1) is 7.72. The van der Waals surface area contributed by atoms with Gasteiger partial charge in [-0.05, 0) is 25.1 Å². The lowest BCUT2D eigenvalue weighted by Gasteiger charge is -2.09. The predicted octanol–water partition coefficient (Wildman–Crippen LogP) is 1.37. The minimum absolute atomic E-state index is 0.0327. The second-order valence-electron chi connectivity index (χ2n) is 3.56. The first-order valence-electron chi connectivity index (χ1n) is 5.33. The summed E-state index contributed by atoms with van der Waals surface area (Å²) in [4.78, 5) is 11.4. The standard InChI is InChI=1S/C11H18N2O2S/c1-9(4-5-12)16-8-11(14)13-7-10-3-2-6-15-10/h2-3,6,9H,4-5,7-8,12H2,1H3,(H,13,14). The molecule has 0 radical (unpaired) electrons. The molecule has 1 atom stereocenters. The van der Waals surface area contributed by atoms with Gasteiger partial charge in [-0.15, -0.1) is 11.8 Å². The van der Waals surface area contributed by atoms with Crippen LogP contribution in [0.1, 0.15) is 19.1 Å². The topological polar surface area (TPSA) is 68.3 Å². The van der Waals surface area contributed by atoms with Gasteiger partial charge in [0.15, 0.2) is 0 Å². The lowest BCUT2D eigenvalue weighted by molar-refractivity contribution is -0.118. The molecular formula is C11H18N2O2S. The zero-order valence-corrected chi connectivity index (χ0v) is 10.3. The molecule has 16 heavy (non-hydrogen) atoms. The van der Waals surface area contributed by atoms with Gasteiger partial charge in [0.2, 0.25) is 5.91 Å². The number of rotatable bonds is 7. The highest BCUT2D eigenvalue weighted by atomic mass is 32.2. The average molecular weight is 242 g/mol. The number of carbonyl (C=O) groups excluding carboxylic acids is 1. The lowest BCUT2D eigenvalue weighted by atomic mass is 10.3. The fourth-order valence-corrected chi connectivity index (χ4v) is 2.03. The van der Waals surface area contributed by atoms with Gasteiger partial charge < -0.3 is 15.5 Å². The Hall–Kier alpha value is -0.940. The van der Waals surface area contributed by atoms with Crippen LogP contribution in [-0.4, -0.2) is 23.5 Å². The highest BCUT2D eigenvalue weighted by Crippen LogP contribution is 2.12. The van der Waals surface area contributed by atoms with E-state index in [1.165, 1.54) is 0 Å². The van der Waals surface area contributed by atoms with Crippen LogP contribution in [-0.2, 0) is 11.3 Å². The van der Waals surface area contributed by atoms with Gasteiger partial charge in [-0.3, -0.25) is 4.79 Å². The second-order valence-corrected chi connectivity index (χ2v) is 4.98. The molecule has 0 aliphatic heterocycles. The Balaban J connectivity index is 2.11. The summed E-state index contributed by atoms with van der Waals surface area (Å²) in [5.74, 6) is 1.28. The number of thioether (sulfide) groups is 1. The third-order valence-corrected chi connectivity index (χ3v) is 3.35. The first kappa shape index (κ1) is 13.1. The summed E-state index contributed by atoms with van der Waals surface area (Å²) in [5.41, 5.74) is 5.43. The van der Waals surface area contributed by atoms with E-state index in [1.54, 1.807) is 24.1 Å². The Labute approximate surface area is 100.0 Å². The van der Waals surface area contributed by atoms with Gasteiger partial charge in [-0.25, -0.2) is 0 Å². The highest BCUT2D eigenvalue weighted by Gasteiger charge is 2.06. The number of hydrogen-bond acceptors (Lipinski definition) is 4. The van der Waals surface area contributed by atoms with E-state index in [2.05, 4.69) is 12.2 Å². The summed E-state index contributed by atoms with van der Waals surface area (Å²) in [6.07, 6.45) is 2.54. The third kappa shape index (κ3) is 5.23. The zero-order valence-electron chi connectivity index (χ0n) is 9.44. The summed E-state index contributed by atoms with van der Waals surface area (Å²) in [6.45, 7) is 3.21. The van der Waals surface area contributed by atoms with Crippen LogP contribution in [0.3, 0.4) is 0 Å². The first-order valence-corrected chi connectivity index (χ1v) is 6.38. The Kier molecular flexibility index (Phi) is 6.03. The zero-order chi connectivity index (χ0) is 11.8. The fraction of sp³-hybridized carbons (Fsp3) is 0.545. The van der Waals surface area contributed by atoms with Crippen molar-refractivity contribution in [2.45, 2.75) is 25.1 Å². The molecule has 4 nitrogen and oxygen atoms in total. The van der Waals surface area contributed by atoms with Crippen molar-refractivity contribution in [1.82, 2.24) is 5.32 Å². The van der Waals surface area contributed by atoms with Gasteiger partial charge in [0.25, 0.3) is 0 Å². The molecule has 3 N–H and O–H groups in total. The number of furan rings is 1. The SMILES string of the molecule is CC(CCN)SCC(=O)NCc1ccco1. The Morgan fingerprint density at radius 3 is 3.12 bits per heavy atom.